The van der Waals surface area contributed by atoms with Crippen LogP contribution in [0.1, 0.15) is 31.7 Å². The number of esters is 1. The third-order valence-corrected chi connectivity index (χ3v) is 6.90. The number of thioether (sulfide) groups is 1. The Labute approximate surface area is 189 Å². The fourth-order valence-corrected chi connectivity index (χ4v) is 5.31. The molecule has 0 amide bonds. The molecule has 3 aromatic rings. The highest BCUT2D eigenvalue weighted by molar-refractivity contribution is 8.00. The van der Waals surface area contributed by atoms with Gasteiger partial charge in [-0.15, -0.1) is 11.8 Å². The van der Waals surface area contributed by atoms with Crippen LogP contribution >= 0.6 is 34.7 Å². The Balaban J connectivity index is 1.98. The molecule has 0 saturated heterocycles. The molecule has 0 radical (unpaired) electrons. The molecule has 1 atom stereocenters. The zero-order valence-electron chi connectivity index (χ0n) is 16.5. The summed E-state index contributed by atoms with van der Waals surface area (Å²) in [6.45, 7) is 2.03. The molecule has 2 heterocycles. The molecule has 31 heavy (non-hydrogen) atoms. The molecule has 1 unspecified atom stereocenters. The lowest BCUT2D eigenvalue weighted by Crippen LogP contribution is -2.18. The Morgan fingerprint density at radius 1 is 1.35 bits per heavy atom. The summed E-state index contributed by atoms with van der Waals surface area (Å²) in [4.78, 5) is 28.8. The van der Waals surface area contributed by atoms with Crippen LogP contribution in [0.3, 0.4) is 0 Å². The lowest BCUT2D eigenvalue weighted by Gasteiger charge is -2.14. The minimum absolute atomic E-state index is 0.0679. The second kappa shape index (κ2) is 9.62. The molecule has 0 bridgehead atoms. The summed E-state index contributed by atoms with van der Waals surface area (Å²) >= 11 is 8.30. The lowest BCUT2D eigenvalue weighted by molar-refractivity contribution is -0.140. The highest BCUT2D eigenvalue weighted by atomic mass is 35.5. The van der Waals surface area contributed by atoms with Gasteiger partial charge in [-0.25, -0.2) is 9.55 Å². The first kappa shape index (κ1) is 23.6. The van der Waals surface area contributed by atoms with Crippen LogP contribution in [0.2, 0.25) is 5.02 Å². The lowest BCUT2D eigenvalue weighted by atomic mass is 10.2. The minimum Gasteiger partial charge on any atom is -0.468 e. The Morgan fingerprint density at radius 3 is 2.71 bits per heavy atom. The second-order valence-corrected chi connectivity index (χ2v) is 9.31. The van der Waals surface area contributed by atoms with Gasteiger partial charge in [-0.2, -0.15) is 13.2 Å². The molecule has 166 valence electrons. The Morgan fingerprint density at radius 2 is 2.10 bits per heavy atom. The molecule has 5 nitrogen and oxygen atoms in total. The predicted octanol–water partition coefficient (Wildman–Crippen LogP) is 5.94. The summed E-state index contributed by atoms with van der Waals surface area (Å²) in [6, 6.07) is 5.93. The van der Waals surface area contributed by atoms with E-state index in [-0.39, 0.29) is 22.1 Å². The van der Waals surface area contributed by atoms with Crippen molar-refractivity contribution in [1.82, 2.24) is 9.55 Å². The van der Waals surface area contributed by atoms with Crippen molar-refractivity contribution in [3.63, 3.8) is 0 Å². The maximum atomic E-state index is 12.9. The summed E-state index contributed by atoms with van der Waals surface area (Å²) < 4.78 is 45.3. The van der Waals surface area contributed by atoms with Crippen LogP contribution in [0, 0.1) is 0 Å². The molecular weight excluding hydrogens is 473 g/mol. The fraction of sp³-hybridized carbons (Fsp3) is 0.350. The molecular formula is C20H18ClF3N2O3S2. The van der Waals surface area contributed by atoms with Crippen molar-refractivity contribution in [3.8, 4) is 5.82 Å². The van der Waals surface area contributed by atoms with Crippen LogP contribution in [0.25, 0.3) is 16.0 Å². The predicted molar refractivity (Wildman–Crippen MR) is 116 cm³/mol. The number of aromatic nitrogens is 2. The van der Waals surface area contributed by atoms with E-state index in [0.717, 1.165) is 35.1 Å². The van der Waals surface area contributed by atoms with Crippen molar-refractivity contribution < 1.29 is 22.7 Å². The highest BCUT2D eigenvalue weighted by Crippen LogP contribution is 2.34. The number of benzene rings is 1. The van der Waals surface area contributed by atoms with Crippen LogP contribution < -0.4 is 4.87 Å². The van der Waals surface area contributed by atoms with Gasteiger partial charge in [0.25, 0.3) is 0 Å². The smallest absolute Gasteiger partial charge is 0.417 e. The van der Waals surface area contributed by atoms with Crippen molar-refractivity contribution in [2.45, 2.75) is 42.5 Å². The average molecular weight is 491 g/mol. The number of unbranched alkanes of at least 4 members (excludes halogenated alkanes) is 1. The highest BCUT2D eigenvalue weighted by Gasteiger charge is 2.32. The van der Waals surface area contributed by atoms with E-state index in [2.05, 4.69) is 4.98 Å². The summed E-state index contributed by atoms with van der Waals surface area (Å²) in [7, 11) is 1.34. The third-order valence-electron chi connectivity index (χ3n) is 4.48. The standard InChI is InChI=1S/C20H18ClF3N2O3S2/c1-3-4-5-15(18(27)29-2)30-12-6-7-14-16(9-12)31-19(28)26(14)17-13(21)8-11(10-25-17)20(22,23)24/h6-10,15H,3-5H2,1-2H3. The van der Waals surface area contributed by atoms with Gasteiger partial charge >= 0.3 is 17.0 Å². The zero-order chi connectivity index (χ0) is 22.8. The number of rotatable bonds is 7. The maximum Gasteiger partial charge on any atom is 0.417 e. The van der Waals surface area contributed by atoms with Gasteiger partial charge in [-0.3, -0.25) is 9.59 Å². The van der Waals surface area contributed by atoms with Crippen molar-refractivity contribution >= 4 is 50.9 Å². The number of hydrogen-bond acceptors (Lipinski definition) is 6. The molecule has 0 aliphatic carbocycles. The van der Waals surface area contributed by atoms with Crippen molar-refractivity contribution in [1.29, 1.82) is 0 Å². The van der Waals surface area contributed by atoms with Crippen molar-refractivity contribution in [2.75, 3.05) is 7.11 Å². The van der Waals surface area contributed by atoms with E-state index in [1.54, 1.807) is 18.2 Å². The van der Waals surface area contributed by atoms with Crippen LogP contribution in [-0.4, -0.2) is 27.9 Å². The van der Waals surface area contributed by atoms with E-state index in [1.165, 1.54) is 23.4 Å². The second-order valence-electron chi connectivity index (χ2n) is 6.63. The summed E-state index contributed by atoms with van der Waals surface area (Å²) in [5.41, 5.74) is -0.523. The zero-order valence-corrected chi connectivity index (χ0v) is 18.9. The Bertz CT molecular complexity index is 1160. The molecule has 0 spiro atoms. The first-order chi connectivity index (χ1) is 14.7. The molecule has 0 fully saturated rings. The van der Waals surface area contributed by atoms with Gasteiger partial charge in [0.05, 0.1) is 27.9 Å². The number of carbonyl (C=O) groups is 1. The van der Waals surface area contributed by atoms with Crippen LogP contribution in [-0.2, 0) is 15.7 Å². The molecule has 3 rings (SSSR count). The number of nitrogens with zero attached hydrogens (tertiary/aromatic N) is 2. The fourth-order valence-electron chi connectivity index (χ4n) is 2.93. The van der Waals surface area contributed by atoms with E-state index in [4.69, 9.17) is 16.3 Å². The van der Waals surface area contributed by atoms with Crippen LogP contribution in [0.4, 0.5) is 13.2 Å². The number of pyridine rings is 1. The molecule has 11 heteroatoms. The van der Waals surface area contributed by atoms with E-state index in [1.807, 2.05) is 6.92 Å². The summed E-state index contributed by atoms with van der Waals surface area (Å²) in [5, 5.41) is -0.646. The number of fused-ring (bicyclic) bond motifs is 1. The molecule has 0 N–H and O–H groups in total. The summed E-state index contributed by atoms with van der Waals surface area (Å²) in [6.07, 6.45) is -1.46. The number of methoxy groups -OCH3 is 1. The largest absolute Gasteiger partial charge is 0.468 e. The third kappa shape index (κ3) is 5.24. The normalized spacial score (nSPS) is 12.8. The molecule has 0 saturated carbocycles. The Kier molecular flexibility index (Phi) is 7.33. The first-order valence-corrected chi connectivity index (χ1v) is 11.4. The monoisotopic (exact) mass is 490 g/mol. The number of alkyl halides is 3. The average Bonchev–Trinajstić information content (AvgIpc) is 3.04. The molecule has 2 aromatic heterocycles. The van der Waals surface area contributed by atoms with E-state index in [9.17, 15) is 22.8 Å². The van der Waals surface area contributed by atoms with Gasteiger partial charge in [-0.05, 0) is 30.7 Å². The number of halogens is 4. The number of thiazole rings is 1. The first-order valence-electron chi connectivity index (χ1n) is 9.29. The number of hydrogen-bond donors (Lipinski definition) is 0. The van der Waals surface area contributed by atoms with E-state index in [0.29, 0.717) is 22.8 Å². The minimum atomic E-state index is -4.59. The van der Waals surface area contributed by atoms with Crippen molar-refractivity contribution in [3.05, 3.63) is 50.7 Å². The van der Waals surface area contributed by atoms with E-state index >= 15 is 0 Å². The topological polar surface area (TPSA) is 61.2 Å². The Hall–Kier alpha value is -2.04. The van der Waals surface area contributed by atoms with Gasteiger partial charge < -0.3 is 4.74 Å². The summed E-state index contributed by atoms with van der Waals surface area (Å²) in [5.74, 6) is -0.383. The number of ether oxygens (including phenoxy) is 1. The van der Waals surface area contributed by atoms with Crippen LogP contribution in [0.15, 0.2) is 40.2 Å². The SMILES string of the molecule is CCCCC(Sc1ccc2c(c1)sc(=O)n2-c1ncc(C(F)(F)F)cc1Cl)C(=O)OC. The van der Waals surface area contributed by atoms with Gasteiger partial charge in [-0.1, -0.05) is 42.7 Å². The molecule has 0 aliphatic rings. The molecule has 1 aromatic carbocycles. The quantitative estimate of drug-likeness (QED) is 0.303. The van der Waals surface area contributed by atoms with Crippen molar-refractivity contribution in [2.24, 2.45) is 0 Å². The molecule has 0 aliphatic heterocycles. The van der Waals surface area contributed by atoms with Gasteiger partial charge in [0.1, 0.15) is 5.25 Å². The van der Waals surface area contributed by atoms with Gasteiger partial charge in [0.15, 0.2) is 5.82 Å². The van der Waals surface area contributed by atoms with E-state index < -0.39 is 16.6 Å². The van der Waals surface area contributed by atoms with Gasteiger partial charge in [0, 0.05) is 11.1 Å². The van der Waals surface area contributed by atoms with Gasteiger partial charge in [0.2, 0.25) is 0 Å². The maximum absolute atomic E-state index is 12.9. The van der Waals surface area contributed by atoms with Crippen LogP contribution in [0.5, 0.6) is 0 Å². The number of carbonyl (C=O) groups excluding carboxylic acids is 1.